The number of hydrogen-bond acceptors (Lipinski definition) is 4. The van der Waals surface area contributed by atoms with Crippen molar-refractivity contribution < 1.29 is 14.2 Å². The van der Waals surface area contributed by atoms with Crippen molar-refractivity contribution in [3.05, 3.63) is 53.6 Å². The Labute approximate surface area is 191 Å². The number of guanidine groups is 1. The molecule has 2 rings (SSSR count). The van der Waals surface area contributed by atoms with Crippen LogP contribution in [-0.4, -0.2) is 40.9 Å². The predicted molar refractivity (Wildman–Crippen MR) is 129 cm³/mol. The first-order valence-electron chi connectivity index (χ1n) is 9.24. The number of hydrogen-bond donors (Lipinski definition) is 2. The molecule has 160 valence electrons. The number of ether oxygens (including phenoxy) is 3. The van der Waals surface area contributed by atoms with Crippen molar-refractivity contribution in [3.8, 4) is 17.2 Å². The fourth-order valence-corrected chi connectivity index (χ4v) is 2.91. The van der Waals surface area contributed by atoms with Crippen LogP contribution < -0.4 is 24.8 Å². The van der Waals surface area contributed by atoms with E-state index in [4.69, 9.17) is 14.2 Å². The molecule has 29 heavy (non-hydrogen) atoms. The molecular weight excluding hydrogens is 481 g/mol. The Morgan fingerprint density at radius 2 is 1.55 bits per heavy atom. The lowest BCUT2D eigenvalue weighted by Gasteiger charge is -2.27. The molecular formula is C22H32IN3O3. The van der Waals surface area contributed by atoms with E-state index < -0.39 is 0 Å². The number of aliphatic imine (C=N–C) groups is 1. The van der Waals surface area contributed by atoms with Crippen LogP contribution in [0.1, 0.15) is 25.0 Å². The summed E-state index contributed by atoms with van der Waals surface area (Å²) in [6, 6.07) is 14.0. The smallest absolute Gasteiger partial charge is 0.191 e. The monoisotopic (exact) mass is 513 g/mol. The molecule has 0 aromatic heterocycles. The summed E-state index contributed by atoms with van der Waals surface area (Å²) in [4.78, 5) is 4.33. The molecule has 0 atom stereocenters. The van der Waals surface area contributed by atoms with Gasteiger partial charge in [-0.1, -0.05) is 38.1 Å². The Balaban J connectivity index is 0.00000420. The highest BCUT2D eigenvalue weighted by Crippen LogP contribution is 2.32. The third-order valence-electron chi connectivity index (χ3n) is 4.73. The topological polar surface area (TPSA) is 64.1 Å². The second-order valence-corrected chi connectivity index (χ2v) is 7.04. The molecule has 7 heteroatoms. The molecule has 0 unspecified atom stereocenters. The summed E-state index contributed by atoms with van der Waals surface area (Å²) in [5, 5.41) is 6.75. The van der Waals surface area contributed by atoms with Crippen molar-refractivity contribution in [1.82, 2.24) is 10.6 Å². The van der Waals surface area contributed by atoms with Crippen LogP contribution in [0.4, 0.5) is 0 Å². The Morgan fingerprint density at radius 3 is 2.17 bits per heavy atom. The number of methoxy groups -OCH3 is 3. The molecule has 6 nitrogen and oxygen atoms in total. The summed E-state index contributed by atoms with van der Waals surface area (Å²) in [6.45, 7) is 5.68. The second kappa shape index (κ2) is 11.7. The zero-order valence-electron chi connectivity index (χ0n) is 18.0. The number of nitrogens with one attached hydrogen (secondary N) is 2. The molecule has 0 radical (unpaired) electrons. The molecule has 2 N–H and O–H groups in total. The van der Waals surface area contributed by atoms with Gasteiger partial charge >= 0.3 is 0 Å². The maximum absolute atomic E-state index is 5.43. The number of nitrogens with zero attached hydrogens (tertiary/aromatic N) is 1. The quantitative estimate of drug-likeness (QED) is 0.318. The summed E-state index contributed by atoms with van der Waals surface area (Å²) in [5.74, 6) is 3.05. The van der Waals surface area contributed by atoms with Crippen LogP contribution in [0.2, 0.25) is 0 Å². The zero-order chi connectivity index (χ0) is 20.6. The minimum Gasteiger partial charge on any atom is -0.496 e. The maximum Gasteiger partial charge on any atom is 0.191 e. The molecule has 0 saturated carbocycles. The summed E-state index contributed by atoms with van der Waals surface area (Å²) in [5.41, 5.74) is 2.09. The Morgan fingerprint density at radius 1 is 0.897 bits per heavy atom. The highest BCUT2D eigenvalue weighted by Gasteiger charge is 2.22. The average Bonchev–Trinajstić information content (AvgIpc) is 2.73. The van der Waals surface area contributed by atoms with Gasteiger partial charge in [-0.3, -0.25) is 4.99 Å². The van der Waals surface area contributed by atoms with E-state index in [1.54, 1.807) is 28.4 Å². The van der Waals surface area contributed by atoms with Gasteiger partial charge in [-0.15, -0.1) is 24.0 Å². The van der Waals surface area contributed by atoms with E-state index in [0.717, 1.165) is 34.3 Å². The molecule has 0 spiro atoms. The molecule has 2 aromatic carbocycles. The van der Waals surface area contributed by atoms with Crippen molar-refractivity contribution in [2.24, 2.45) is 4.99 Å². The van der Waals surface area contributed by atoms with Gasteiger partial charge in [0, 0.05) is 31.1 Å². The summed E-state index contributed by atoms with van der Waals surface area (Å²) < 4.78 is 16.2. The Bertz CT molecular complexity index is 810. The Hall–Kier alpha value is -2.16. The Kier molecular flexibility index (Phi) is 10.1. The normalized spacial score (nSPS) is 11.3. The number of halogens is 1. The molecule has 0 aliphatic rings. The standard InChI is InChI=1S/C22H31N3O3.HI/c1-22(2,17-11-12-19(27-5)20(13-17)28-6)15-25-21(23-3)24-14-16-9-7-8-10-18(16)26-4;/h7-13H,14-15H2,1-6H3,(H2,23,24,25);1H. The molecule has 0 fully saturated rings. The van der Waals surface area contributed by atoms with Gasteiger partial charge in [0.2, 0.25) is 0 Å². The molecule has 0 amide bonds. The first kappa shape index (κ1) is 24.9. The van der Waals surface area contributed by atoms with Gasteiger partial charge in [0.25, 0.3) is 0 Å². The molecule has 0 heterocycles. The number of para-hydroxylation sites is 1. The van der Waals surface area contributed by atoms with Crippen molar-refractivity contribution in [2.75, 3.05) is 34.9 Å². The van der Waals surface area contributed by atoms with Gasteiger partial charge in [0.15, 0.2) is 17.5 Å². The van der Waals surface area contributed by atoms with Gasteiger partial charge in [-0.2, -0.15) is 0 Å². The molecule has 0 saturated heterocycles. The van der Waals surface area contributed by atoms with Crippen LogP contribution >= 0.6 is 24.0 Å². The molecule has 0 aliphatic heterocycles. The third-order valence-corrected chi connectivity index (χ3v) is 4.73. The van der Waals surface area contributed by atoms with Crippen LogP contribution in [0.5, 0.6) is 17.2 Å². The average molecular weight is 513 g/mol. The zero-order valence-corrected chi connectivity index (χ0v) is 20.4. The first-order chi connectivity index (χ1) is 13.4. The van der Waals surface area contributed by atoms with Gasteiger partial charge in [0.1, 0.15) is 5.75 Å². The van der Waals surface area contributed by atoms with E-state index in [1.807, 2.05) is 36.4 Å². The second-order valence-electron chi connectivity index (χ2n) is 7.04. The van der Waals surface area contributed by atoms with Crippen LogP contribution in [0.25, 0.3) is 0 Å². The van der Waals surface area contributed by atoms with Crippen LogP contribution in [-0.2, 0) is 12.0 Å². The maximum atomic E-state index is 5.43. The molecule has 2 aromatic rings. The minimum atomic E-state index is -0.137. The van der Waals surface area contributed by atoms with E-state index in [9.17, 15) is 0 Å². The lowest BCUT2D eigenvalue weighted by atomic mass is 9.84. The SMILES string of the molecule is CN=C(NCc1ccccc1OC)NCC(C)(C)c1ccc(OC)c(OC)c1.I. The van der Waals surface area contributed by atoms with Crippen LogP contribution in [0.15, 0.2) is 47.5 Å². The lowest BCUT2D eigenvalue weighted by molar-refractivity contribution is 0.353. The van der Waals surface area contributed by atoms with E-state index in [0.29, 0.717) is 13.1 Å². The first-order valence-corrected chi connectivity index (χ1v) is 9.24. The summed E-state index contributed by atoms with van der Waals surface area (Å²) in [6.07, 6.45) is 0. The number of benzene rings is 2. The van der Waals surface area contributed by atoms with Gasteiger partial charge in [-0.25, -0.2) is 0 Å². The van der Waals surface area contributed by atoms with Crippen molar-refractivity contribution in [3.63, 3.8) is 0 Å². The van der Waals surface area contributed by atoms with E-state index in [1.165, 1.54) is 0 Å². The van der Waals surface area contributed by atoms with Gasteiger partial charge < -0.3 is 24.8 Å². The molecule has 0 aliphatic carbocycles. The lowest BCUT2D eigenvalue weighted by Crippen LogP contribution is -2.43. The fourth-order valence-electron chi connectivity index (χ4n) is 2.91. The highest BCUT2D eigenvalue weighted by molar-refractivity contribution is 14.0. The van der Waals surface area contributed by atoms with Crippen molar-refractivity contribution >= 4 is 29.9 Å². The van der Waals surface area contributed by atoms with E-state index in [-0.39, 0.29) is 29.4 Å². The summed E-state index contributed by atoms with van der Waals surface area (Å²) in [7, 11) is 6.73. The fraction of sp³-hybridized carbons (Fsp3) is 0.409. The van der Waals surface area contributed by atoms with Crippen LogP contribution in [0, 0.1) is 0 Å². The van der Waals surface area contributed by atoms with E-state index in [2.05, 4.69) is 35.5 Å². The minimum absolute atomic E-state index is 0. The third kappa shape index (κ3) is 6.69. The van der Waals surface area contributed by atoms with E-state index >= 15 is 0 Å². The predicted octanol–water partition coefficient (Wildman–Crippen LogP) is 3.97. The van der Waals surface area contributed by atoms with Gasteiger partial charge in [0.05, 0.1) is 21.3 Å². The van der Waals surface area contributed by atoms with Crippen molar-refractivity contribution in [2.45, 2.75) is 25.8 Å². The summed E-state index contributed by atoms with van der Waals surface area (Å²) >= 11 is 0. The number of rotatable bonds is 8. The van der Waals surface area contributed by atoms with Gasteiger partial charge in [-0.05, 0) is 23.8 Å². The molecule has 0 bridgehead atoms. The highest BCUT2D eigenvalue weighted by atomic mass is 127. The largest absolute Gasteiger partial charge is 0.496 e. The van der Waals surface area contributed by atoms with Crippen molar-refractivity contribution in [1.29, 1.82) is 0 Å². The van der Waals surface area contributed by atoms with Crippen LogP contribution in [0.3, 0.4) is 0 Å².